The average molecular weight is 254 g/mol. The Balaban J connectivity index is 2.56. The zero-order chi connectivity index (χ0) is 13.5. The molecule has 0 heterocycles. The minimum absolute atomic E-state index is 0.739. The number of hydrogen-bond acceptors (Lipinski definition) is 3. The largest absolute Gasteiger partial charge is 0.481 e. The second kappa shape index (κ2) is 6.88. The fraction of sp³-hybridized carbons (Fsp3) is 0.308. The molecule has 0 aromatic heterocycles. The van der Waals surface area contributed by atoms with Gasteiger partial charge >= 0.3 is 5.97 Å². The quantitative estimate of drug-likeness (QED) is 0.713. The summed E-state index contributed by atoms with van der Waals surface area (Å²) in [6.45, 7) is 0. The first-order valence-corrected chi connectivity index (χ1v) is 5.46. The number of alkyl halides is 1. The highest BCUT2D eigenvalue weighted by molar-refractivity contribution is 5.67. The number of rotatable bonds is 6. The van der Waals surface area contributed by atoms with Crippen LogP contribution in [-0.4, -0.2) is 39.7 Å². The summed E-state index contributed by atoms with van der Waals surface area (Å²) in [5.41, 5.74) is 0.775. The molecular formula is C13H15FO4. The highest BCUT2D eigenvalue weighted by atomic mass is 19.1. The van der Waals surface area contributed by atoms with Crippen molar-refractivity contribution in [2.75, 3.05) is 0 Å². The van der Waals surface area contributed by atoms with Crippen LogP contribution in [0.2, 0.25) is 0 Å². The van der Waals surface area contributed by atoms with Gasteiger partial charge in [0, 0.05) is 0 Å². The lowest BCUT2D eigenvalue weighted by Gasteiger charge is -2.16. The van der Waals surface area contributed by atoms with Crippen molar-refractivity contribution in [1.82, 2.24) is 0 Å². The van der Waals surface area contributed by atoms with Crippen LogP contribution in [0, 0.1) is 0 Å². The number of aliphatic carboxylic acids is 1. The van der Waals surface area contributed by atoms with E-state index in [0.717, 1.165) is 5.56 Å². The Morgan fingerprint density at radius 2 is 1.89 bits per heavy atom. The molecule has 0 amide bonds. The van der Waals surface area contributed by atoms with Crippen molar-refractivity contribution in [3.8, 4) is 0 Å². The summed E-state index contributed by atoms with van der Waals surface area (Å²) in [4.78, 5) is 10.3. The van der Waals surface area contributed by atoms with Crippen LogP contribution in [0.4, 0.5) is 4.39 Å². The highest BCUT2D eigenvalue weighted by Gasteiger charge is 2.26. The molecular weight excluding hydrogens is 239 g/mol. The van der Waals surface area contributed by atoms with Crippen LogP contribution >= 0.6 is 0 Å². The fourth-order valence-corrected chi connectivity index (χ4v) is 1.40. The summed E-state index contributed by atoms with van der Waals surface area (Å²) in [6, 6.07) is 8.94. The first-order chi connectivity index (χ1) is 8.50. The summed E-state index contributed by atoms with van der Waals surface area (Å²) in [5.74, 6) is -1.32. The van der Waals surface area contributed by atoms with Gasteiger partial charge in [0.05, 0.1) is 12.5 Å². The topological polar surface area (TPSA) is 77.8 Å². The molecule has 3 N–H and O–H groups in total. The Kier molecular flexibility index (Phi) is 5.48. The third-order valence-corrected chi connectivity index (χ3v) is 2.36. The summed E-state index contributed by atoms with van der Waals surface area (Å²) < 4.78 is 13.4. The van der Waals surface area contributed by atoms with Crippen LogP contribution in [0.25, 0.3) is 6.08 Å². The maximum absolute atomic E-state index is 13.4. The van der Waals surface area contributed by atoms with Crippen LogP contribution in [0.3, 0.4) is 0 Å². The molecule has 1 rings (SSSR count). The Bertz CT molecular complexity index is 405. The van der Waals surface area contributed by atoms with Crippen molar-refractivity contribution in [3.05, 3.63) is 42.0 Å². The van der Waals surface area contributed by atoms with E-state index in [9.17, 15) is 19.4 Å². The minimum Gasteiger partial charge on any atom is -0.481 e. The van der Waals surface area contributed by atoms with Gasteiger partial charge in [0.15, 0.2) is 6.17 Å². The molecule has 0 aliphatic rings. The van der Waals surface area contributed by atoms with Gasteiger partial charge in [0.1, 0.15) is 6.10 Å². The smallest absolute Gasteiger partial charge is 0.306 e. The Hall–Kier alpha value is -1.72. The second-order valence-electron chi connectivity index (χ2n) is 3.87. The Morgan fingerprint density at radius 3 is 2.44 bits per heavy atom. The van der Waals surface area contributed by atoms with Gasteiger partial charge in [-0.1, -0.05) is 42.5 Å². The summed E-state index contributed by atoms with van der Waals surface area (Å²) in [6.07, 6.45) is -3.34. The predicted molar refractivity (Wildman–Crippen MR) is 64.6 cm³/mol. The SMILES string of the molecule is O=C(O)CC(O)C(F)C(O)C=Cc1ccccc1. The van der Waals surface area contributed by atoms with E-state index >= 15 is 0 Å². The van der Waals surface area contributed by atoms with Crippen molar-refractivity contribution in [3.63, 3.8) is 0 Å². The molecule has 0 saturated heterocycles. The standard InChI is InChI=1S/C13H15FO4/c14-13(11(16)8-12(17)18)10(15)7-6-9-4-2-1-3-5-9/h1-7,10-11,13,15-16H,8H2,(H,17,18). The van der Waals surface area contributed by atoms with Crippen LogP contribution < -0.4 is 0 Å². The number of carbonyl (C=O) groups is 1. The Morgan fingerprint density at radius 1 is 1.28 bits per heavy atom. The molecule has 1 aromatic carbocycles. The predicted octanol–water partition coefficient (Wildman–Crippen LogP) is 1.23. The first-order valence-electron chi connectivity index (χ1n) is 5.46. The molecule has 1 aromatic rings. The summed E-state index contributed by atoms with van der Waals surface area (Å²) in [7, 11) is 0. The molecule has 18 heavy (non-hydrogen) atoms. The zero-order valence-electron chi connectivity index (χ0n) is 9.61. The fourth-order valence-electron chi connectivity index (χ4n) is 1.40. The lowest BCUT2D eigenvalue weighted by atomic mass is 10.1. The molecule has 3 unspecified atom stereocenters. The molecule has 4 nitrogen and oxygen atoms in total. The van der Waals surface area contributed by atoms with Gasteiger partial charge in [0.2, 0.25) is 0 Å². The molecule has 0 radical (unpaired) electrons. The number of halogens is 1. The van der Waals surface area contributed by atoms with E-state index in [1.54, 1.807) is 24.3 Å². The third kappa shape index (κ3) is 4.65. The van der Waals surface area contributed by atoms with Gasteiger partial charge in [-0.3, -0.25) is 4.79 Å². The van der Waals surface area contributed by atoms with E-state index in [-0.39, 0.29) is 0 Å². The molecule has 0 bridgehead atoms. The maximum atomic E-state index is 13.4. The number of aliphatic hydroxyl groups is 2. The van der Waals surface area contributed by atoms with E-state index in [1.807, 2.05) is 6.07 Å². The van der Waals surface area contributed by atoms with E-state index in [0.29, 0.717) is 0 Å². The van der Waals surface area contributed by atoms with Crippen molar-refractivity contribution in [1.29, 1.82) is 0 Å². The normalized spacial score (nSPS) is 16.4. The summed E-state index contributed by atoms with van der Waals surface area (Å²) >= 11 is 0. The van der Waals surface area contributed by atoms with Gasteiger partial charge < -0.3 is 15.3 Å². The van der Waals surface area contributed by atoms with Gasteiger partial charge in [-0.15, -0.1) is 0 Å². The van der Waals surface area contributed by atoms with E-state index < -0.39 is 30.8 Å². The van der Waals surface area contributed by atoms with Crippen molar-refractivity contribution in [2.24, 2.45) is 0 Å². The number of benzene rings is 1. The van der Waals surface area contributed by atoms with Crippen molar-refractivity contribution < 1.29 is 24.5 Å². The molecule has 0 fully saturated rings. The molecule has 5 heteroatoms. The Labute approximate surface area is 104 Å². The van der Waals surface area contributed by atoms with Crippen LogP contribution in [0.5, 0.6) is 0 Å². The zero-order valence-corrected chi connectivity index (χ0v) is 9.61. The number of aliphatic hydroxyl groups excluding tert-OH is 2. The average Bonchev–Trinajstić information content (AvgIpc) is 2.35. The molecule has 0 spiro atoms. The van der Waals surface area contributed by atoms with E-state index in [4.69, 9.17) is 5.11 Å². The first kappa shape index (κ1) is 14.3. The molecule has 98 valence electrons. The molecule has 0 saturated carbocycles. The van der Waals surface area contributed by atoms with Crippen molar-refractivity contribution in [2.45, 2.75) is 24.8 Å². The van der Waals surface area contributed by atoms with Crippen LogP contribution in [-0.2, 0) is 4.79 Å². The van der Waals surface area contributed by atoms with Crippen LogP contribution in [0.1, 0.15) is 12.0 Å². The van der Waals surface area contributed by atoms with Gasteiger partial charge in [-0.2, -0.15) is 0 Å². The third-order valence-electron chi connectivity index (χ3n) is 2.36. The number of hydrogen-bond donors (Lipinski definition) is 3. The minimum atomic E-state index is -2.03. The van der Waals surface area contributed by atoms with E-state index in [1.165, 1.54) is 12.2 Å². The number of carboxylic acids is 1. The molecule has 0 aliphatic heterocycles. The molecule has 3 atom stereocenters. The molecule has 0 aliphatic carbocycles. The lowest BCUT2D eigenvalue weighted by Crippen LogP contribution is -2.34. The van der Waals surface area contributed by atoms with Crippen molar-refractivity contribution >= 4 is 12.0 Å². The summed E-state index contributed by atoms with van der Waals surface area (Å²) in [5, 5.41) is 27.0. The van der Waals surface area contributed by atoms with Gasteiger partial charge in [-0.05, 0) is 5.56 Å². The van der Waals surface area contributed by atoms with Gasteiger partial charge in [-0.25, -0.2) is 4.39 Å². The van der Waals surface area contributed by atoms with Gasteiger partial charge in [0.25, 0.3) is 0 Å². The van der Waals surface area contributed by atoms with Crippen LogP contribution in [0.15, 0.2) is 36.4 Å². The monoisotopic (exact) mass is 254 g/mol. The van der Waals surface area contributed by atoms with E-state index in [2.05, 4.69) is 0 Å². The maximum Gasteiger partial charge on any atom is 0.306 e. The second-order valence-corrected chi connectivity index (χ2v) is 3.87. The number of carboxylic acid groups (broad SMARTS) is 1. The highest BCUT2D eigenvalue weighted by Crippen LogP contribution is 2.11. The lowest BCUT2D eigenvalue weighted by molar-refractivity contribution is -0.140.